The number of hydrogen-bond donors (Lipinski definition) is 1. The van der Waals surface area contributed by atoms with Crippen molar-refractivity contribution in [3.63, 3.8) is 0 Å². The number of nitrogens with zero attached hydrogens (tertiary/aromatic N) is 1. The Morgan fingerprint density at radius 2 is 1.94 bits per heavy atom. The molecule has 2 rings (SSSR count). The number of amidine groups is 1. The van der Waals surface area contributed by atoms with Crippen LogP contribution in [0.5, 0.6) is 0 Å². The van der Waals surface area contributed by atoms with Crippen LogP contribution in [0.3, 0.4) is 0 Å². The number of allylic oxidation sites excluding steroid dienone is 1. The lowest BCUT2D eigenvalue weighted by atomic mass is 10.2. The highest BCUT2D eigenvalue weighted by molar-refractivity contribution is 5.98. The molecule has 2 aromatic rings. The van der Waals surface area contributed by atoms with E-state index in [1.807, 2.05) is 55.5 Å². The summed E-state index contributed by atoms with van der Waals surface area (Å²) in [4.78, 5) is 4.32. The average molecular weight is 226 g/mol. The van der Waals surface area contributed by atoms with Crippen molar-refractivity contribution in [3.8, 4) is 0 Å². The number of aliphatic imine (C=N–C) groups is 1. The van der Waals surface area contributed by atoms with Gasteiger partial charge in [0.15, 0.2) is 0 Å². The van der Waals surface area contributed by atoms with E-state index in [1.54, 1.807) is 6.26 Å². The third-order valence-corrected chi connectivity index (χ3v) is 2.26. The van der Waals surface area contributed by atoms with E-state index in [1.165, 1.54) is 0 Å². The molecular weight excluding hydrogens is 212 g/mol. The van der Waals surface area contributed by atoms with Crippen molar-refractivity contribution in [2.45, 2.75) is 6.92 Å². The SMILES string of the molecule is C/C(=C/c1ccco1)N=C(N)c1ccccc1. The molecule has 17 heavy (non-hydrogen) atoms. The first kappa shape index (κ1) is 11.2. The van der Waals surface area contributed by atoms with Crippen LogP contribution in [0.4, 0.5) is 0 Å². The van der Waals surface area contributed by atoms with Gasteiger partial charge >= 0.3 is 0 Å². The zero-order valence-electron chi connectivity index (χ0n) is 9.63. The molecule has 0 bridgehead atoms. The van der Waals surface area contributed by atoms with Crippen molar-refractivity contribution < 1.29 is 4.42 Å². The van der Waals surface area contributed by atoms with Crippen molar-refractivity contribution >= 4 is 11.9 Å². The molecule has 0 aliphatic heterocycles. The van der Waals surface area contributed by atoms with Gasteiger partial charge in [-0.15, -0.1) is 0 Å². The van der Waals surface area contributed by atoms with Gasteiger partial charge in [0.1, 0.15) is 11.6 Å². The van der Waals surface area contributed by atoms with Crippen LogP contribution in [0.15, 0.2) is 63.8 Å². The molecule has 0 aliphatic rings. The summed E-state index contributed by atoms with van der Waals surface area (Å²) < 4.78 is 5.20. The standard InChI is InChI=1S/C14H14N2O/c1-11(10-13-8-5-9-17-13)16-14(15)12-6-3-2-4-7-12/h2-10H,1H3,(H2,15,16)/b11-10-. The Hall–Kier alpha value is -2.29. The summed E-state index contributed by atoms with van der Waals surface area (Å²) in [5, 5.41) is 0. The Balaban J connectivity index is 2.20. The van der Waals surface area contributed by atoms with Gasteiger partial charge in [-0.3, -0.25) is 0 Å². The van der Waals surface area contributed by atoms with E-state index in [-0.39, 0.29) is 0 Å². The van der Waals surface area contributed by atoms with Crippen LogP contribution in [0.1, 0.15) is 18.2 Å². The van der Waals surface area contributed by atoms with E-state index in [0.717, 1.165) is 17.0 Å². The maximum atomic E-state index is 5.90. The monoisotopic (exact) mass is 226 g/mol. The minimum absolute atomic E-state index is 0.505. The molecule has 2 N–H and O–H groups in total. The Kier molecular flexibility index (Phi) is 3.40. The van der Waals surface area contributed by atoms with Gasteiger partial charge in [0, 0.05) is 17.3 Å². The quantitative estimate of drug-likeness (QED) is 0.646. The van der Waals surface area contributed by atoms with Crippen LogP contribution in [-0.4, -0.2) is 5.84 Å². The molecule has 0 amide bonds. The maximum Gasteiger partial charge on any atom is 0.130 e. The van der Waals surface area contributed by atoms with E-state index in [2.05, 4.69) is 4.99 Å². The first-order chi connectivity index (χ1) is 8.25. The van der Waals surface area contributed by atoms with Crippen LogP contribution in [0, 0.1) is 0 Å². The van der Waals surface area contributed by atoms with Crippen molar-refractivity contribution in [1.82, 2.24) is 0 Å². The summed E-state index contributed by atoms with van der Waals surface area (Å²) in [5.41, 5.74) is 7.63. The lowest BCUT2D eigenvalue weighted by molar-refractivity contribution is 0.556. The lowest BCUT2D eigenvalue weighted by Crippen LogP contribution is -2.12. The van der Waals surface area contributed by atoms with Gasteiger partial charge in [-0.1, -0.05) is 30.3 Å². The Labute approximate surface area is 100 Å². The molecule has 0 radical (unpaired) electrons. The van der Waals surface area contributed by atoms with Gasteiger partial charge in [0.2, 0.25) is 0 Å². The number of furan rings is 1. The minimum Gasteiger partial charge on any atom is -0.465 e. The molecule has 1 aromatic carbocycles. The third-order valence-electron chi connectivity index (χ3n) is 2.26. The molecule has 1 aromatic heterocycles. The second kappa shape index (κ2) is 5.16. The summed E-state index contributed by atoms with van der Waals surface area (Å²) in [6, 6.07) is 13.4. The number of rotatable bonds is 3. The molecule has 0 atom stereocenters. The van der Waals surface area contributed by atoms with Gasteiger partial charge in [0.25, 0.3) is 0 Å². The van der Waals surface area contributed by atoms with Crippen LogP contribution in [0.25, 0.3) is 6.08 Å². The summed E-state index contributed by atoms with van der Waals surface area (Å²) in [6.45, 7) is 1.89. The van der Waals surface area contributed by atoms with Gasteiger partial charge in [0.05, 0.1) is 6.26 Å². The predicted octanol–water partition coefficient (Wildman–Crippen LogP) is 3.05. The fraction of sp³-hybridized carbons (Fsp3) is 0.0714. The summed E-state index contributed by atoms with van der Waals surface area (Å²) >= 11 is 0. The van der Waals surface area contributed by atoms with E-state index >= 15 is 0 Å². The van der Waals surface area contributed by atoms with Crippen LogP contribution in [0.2, 0.25) is 0 Å². The van der Waals surface area contributed by atoms with Crippen molar-refractivity contribution in [2.24, 2.45) is 10.7 Å². The normalized spacial score (nSPS) is 12.8. The fourth-order valence-corrected chi connectivity index (χ4v) is 1.48. The van der Waals surface area contributed by atoms with Crippen LogP contribution >= 0.6 is 0 Å². The topological polar surface area (TPSA) is 51.5 Å². The zero-order valence-corrected chi connectivity index (χ0v) is 9.63. The first-order valence-corrected chi connectivity index (χ1v) is 5.37. The molecule has 0 unspecified atom stereocenters. The number of nitrogens with two attached hydrogens (primary N) is 1. The highest BCUT2D eigenvalue weighted by Gasteiger charge is 1.97. The maximum absolute atomic E-state index is 5.90. The zero-order chi connectivity index (χ0) is 12.1. The molecule has 1 heterocycles. The minimum atomic E-state index is 0.505. The van der Waals surface area contributed by atoms with E-state index in [9.17, 15) is 0 Å². The van der Waals surface area contributed by atoms with E-state index in [0.29, 0.717) is 5.84 Å². The number of hydrogen-bond acceptors (Lipinski definition) is 2. The highest BCUT2D eigenvalue weighted by atomic mass is 16.3. The predicted molar refractivity (Wildman–Crippen MR) is 69.5 cm³/mol. The molecule has 0 saturated heterocycles. The summed E-state index contributed by atoms with van der Waals surface area (Å²) in [7, 11) is 0. The molecule has 0 spiro atoms. The highest BCUT2D eigenvalue weighted by Crippen LogP contribution is 2.09. The fourth-order valence-electron chi connectivity index (χ4n) is 1.48. The molecule has 0 aliphatic carbocycles. The Morgan fingerprint density at radius 1 is 1.18 bits per heavy atom. The number of benzene rings is 1. The van der Waals surface area contributed by atoms with Gasteiger partial charge in [-0.2, -0.15) is 0 Å². The van der Waals surface area contributed by atoms with Crippen molar-refractivity contribution in [2.75, 3.05) is 0 Å². The van der Waals surface area contributed by atoms with Crippen molar-refractivity contribution in [3.05, 3.63) is 65.7 Å². The van der Waals surface area contributed by atoms with Gasteiger partial charge < -0.3 is 10.2 Å². The second-order valence-corrected chi connectivity index (χ2v) is 3.66. The smallest absolute Gasteiger partial charge is 0.130 e. The molecule has 3 nitrogen and oxygen atoms in total. The molecule has 0 fully saturated rings. The Bertz CT molecular complexity index is 525. The van der Waals surface area contributed by atoms with Gasteiger partial charge in [-0.25, -0.2) is 4.99 Å². The van der Waals surface area contributed by atoms with E-state index in [4.69, 9.17) is 10.2 Å². The van der Waals surface area contributed by atoms with E-state index < -0.39 is 0 Å². The molecular formula is C14H14N2O. The second-order valence-electron chi connectivity index (χ2n) is 3.66. The molecule has 0 saturated carbocycles. The van der Waals surface area contributed by atoms with Crippen molar-refractivity contribution in [1.29, 1.82) is 0 Å². The summed E-state index contributed by atoms with van der Waals surface area (Å²) in [6.07, 6.45) is 3.47. The lowest BCUT2D eigenvalue weighted by Gasteiger charge is -2.00. The molecule has 3 heteroatoms. The van der Waals surface area contributed by atoms with Crippen LogP contribution in [-0.2, 0) is 0 Å². The largest absolute Gasteiger partial charge is 0.465 e. The van der Waals surface area contributed by atoms with Crippen LogP contribution < -0.4 is 5.73 Å². The Morgan fingerprint density at radius 3 is 2.59 bits per heavy atom. The van der Waals surface area contributed by atoms with Gasteiger partial charge in [-0.05, 0) is 19.1 Å². The first-order valence-electron chi connectivity index (χ1n) is 5.37. The average Bonchev–Trinajstić information content (AvgIpc) is 2.82. The third kappa shape index (κ3) is 3.08. The molecule has 86 valence electrons. The summed E-state index contributed by atoms with van der Waals surface area (Å²) in [5.74, 6) is 1.28.